The Morgan fingerprint density at radius 2 is 1.66 bits per heavy atom. The van der Waals surface area contributed by atoms with Crippen LogP contribution < -0.4 is 20.1 Å². The van der Waals surface area contributed by atoms with Crippen molar-refractivity contribution in [1.29, 1.82) is 0 Å². The predicted octanol–water partition coefficient (Wildman–Crippen LogP) is 4.61. The van der Waals surface area contributed by atoms with Gasteiger partial charge in [-0.2, -0.15) is 0 Å². The van der Waals surface area contributed by atoms with Gasteiger partial charge in [-0.1, -0.05) is 26.0 Å². The van der Waals surface area contributed by atoms with Crippen LogP contribution in [0.3, 0.4) is 0 Å². The fraction of sp³-hybridized carbons (Fsp3) is 0.227. The summed E-state index contributed by atoms with van der Waals surface area (Å²) in [7, 11) is 3.10. The summed E-state index contributed by atoms with van der Waals surface area (Å²) >= 11 is 0. The lowest BCUT2D eigenvalue weighted by atomic mass is 10.0. The van der Waals surface area contributed by atoms with Crippen LogP contribution in [0.25, 0.3) is 0 Å². The summed E-state index contributed by atoms with van der Waals surface area (Å²) in [5.41, 5.74) is 2.98. The van der Waals surface area contributed by atoms with Crippen molar-refractivity contribution in [2.75, 3.05) is 24.9 Å². The van der Waals surface area contributed by atoms with Gasteiger partial charge in [0, 0.05) is 24.1 Å². The van der Waals surface area contributed by atoms with Gasteiger partial charge in [0.05, 0.1) is 25.5 Å². The zero-order valence-corrected chi connectivity index (χ0v) is 16.9. The van der Waals surface area contributed by atoms with Crippen LogP contribution in [0.5, 0.6) is 11.5 Å². The maximum Gasteiger partial charge on any atom is 0.258 e. The molecule has 0 saturated carbocycles. The molecule has 1 heterocycles. The van der Waals surface area contributed by atoms with Gasteiger partial charge < -0.3 is 20.1 Å². The molecule has 2 aromatic carbocycles. The third-order valence-corrected chi connectivity index (χ3v) is 4.40. The number of rotatable bonds is 7. The van der Waals surface area contributed by atoms with Crippen molar-refractivity contribution < 1.29 is 14.3 Å². The van der Waals surface area contributed by atoms with Crippen molar-refractivity contribution in [3.63, 3.8) is 0 Å². The lowest BCUT2D eigenvalue weighted by Crippen LogP contribution is -2.14. The van der Waals surface area contributed by atoms with Crippen molar-refractivity contribution in [3.8, 4) is 11.5 Å². The molecule has 7 nitrogen and oxygen atoms in total. The van der Waals surface area contributed by atoms with Crippen LogP contribution in [0.1, 0.15) is 35.7 Å². The van der Waals surface area contributed by atoms with E-state index in [9.17, 15) is 4.79 Å². The molecule has 0 aliphatic heterocycles. The van der Waals surface area contributed by atoms with E-state index in [0.717, 1.165) is 5.69 Å². The van der Waals surface area contributed by atoms with E-state index >= 15 is 0 Å². The first kappa shape index (κ1) is 20.1. The van der Waals surface area contributed by atoms with E-state index in [-0.39, 0.29) is 5.91 Å². The SMILES string of the molecule is COc1ccc(OC)c(NC(=O)c2cnc(Nc3ccc(C(C)C)cc3)nc2)c1. The molecule has 0 unspecified atom stereocenters. The van der Waals surface area contributed by atoms with E-state index < -0.39 is 0 Å². The van der Waals surface area contributed by atoms with Crippen LogP contribution in [0, 0.1) is 0 Å². The minimum atomic E-state index is -0.343. The summed E-state index contributed by atoms with van der Waals surface area (Å²) in [6.07, 6.45) is 2.94. The number of ether oxygens (including phenoxy) is 2. The average molecular weight is 392 g/mol. The molecule has 1 aromatic heterocycles. The highest BCUT2D eigenvalue weighted by Crippen LogP contribution is 2.29. The highest BCUT2D eigenvalue weighted by molar-refractivity contribution is 6.04. The number of aromatic nitrogens is 2. The minimum absolute atomic E-state index is 0.329. The number of nitrogens with one attached hydrogen (secondary N) is 2. The molecular formula is C22H24N4O3. The fourth-order valence-corrected chi connectivity index (χ4v) is 2.70. The molecule has 0 bridgehead atoms. The number of carbonyl (C=O) groups is 1. The molecule has 0 saturated heterocycles. The summed E-state index contributed by atoms with van der Waals surface area (Å²) in [5.74, 6) is 1.69. The third-order valence-electron chi connectivity index (χ3n) is 4.40. The smallest absolute Gasteiger partial charge is 0.258 e. The number of benzene rings is 2. The van der Waals surface area contributed by atoms with E-state index in [2.05, 4.69) is 46.6 Å². The van der Waals surface area contributed by atoms with Gasteiger partial charge in [0.25, 0.3) is 5.91 Å². The molecular weight excluding hydrogens is 368 g/mol. The van der Waals surface area contributed by atoms with Crippen LogP contribution in [-0.4, -0.2) is 30.1 Å². The molecule has 0 radical (unpaired) electrons. The highest BCUT2D eigenvalue weighted by Gasteiger charge is 2.12. The second-order valence-corrected chi connectivity index (χ2v) is 6.72. The Kier molecular flexibility index (Phi) is 6.29. The molecule has 0 aliphatic carbocycles. The van der Waals surface area contributed by atoms with Gasteiger partial charge >= 0.3 is 0 Å². The van der Waals surface area contributed by atoms with E-state index in [1.165, 1.54) is 25.1 Å². The van der Waals surface area contributed by atoms with Crippen LogP contribution in [-0.2, 0) is 0 Å². The zero-order valence-electron chi connectivity index (χ0n) is 16.9. The monoisotopic (exact) mass is 392 g/mol. The summed E-state index contributed by atoms with van der Waals surface area (Å²) < 4.78 is 10.5. The molecule has 150 valence electrons. The average Bonchev–Trinajstić information content (AvgIpc) is 2.74. The Hall–Kier alpha value is -3.61. The molecule has 3 rings (SSSR count). The third kappa shape index (κ3) is 5.01. The number of nitrogens with zero attached hydrogens (tertiary/aromatic N) is 2. The second kappa shape index (κ2) is 9.05. The Morgan fingerprint density at radius 1 is 0.966 bits per heavy atom. The molecule has 0 spiro atoms. The first-order chi connectivity index (χ1) is 14.0. The Balaban J connectivity index is 1.69. The Labute approximate surface area is 170 Å². The van der Waals surface area contributed by atoms with Gasteiger partial charge in [0.2, 0.25) is 5.95 Å². The van der Waals surface area contributed by atoms with Crippen LogP contribution in [0.15, 0.2) is 54.9 Å². The highest BCUT2D eigenvalue weighted by atomic mass is 16.5. The van der Waals surface area contributed by atoms with Gasteiger partial charge in [-0.25, -0.2) is 9.97 Å². The molecule has 3 aromatic rings. The van der Waals surface area contributed by atoms with Crippen molar-refractivity contribution in [2.24, 2.45) is 0 Å². The van der Waals surface area contributed by atoms with Gasteiger partial charge in [-0.3, -0.25) is 4.79 Å². The predicted molar refractivity (Wildman–Crippen MR) is 113 cm³/mol. The fourth-order valence-electron chi connectivity index (χ4n) is 2.70. The van der Waals surface area contributed by atoms with Crippen LogP contribution in [0.4, 0.5) is 17.3 Å². The quantitative estimate of drug-likeness (QED) is 0.611. The summed E-state index contributed by atoms with van der Waals surface area (Å²) in [5, 5.41) is 5.92. The summed E-state index contributed by atoms with van der Waals surface area (Å²) in [4.78, 5) is 21.0. The molecule has 29 heavy (non-hydrogen) atoms. The Morgan fingerprint density at radius 3 is 2.24 bits per heavy atom. The normalized spacial score (nSPS) is 10.5. The number of amides is 1. The van der Waals surface area contributed by atoms with E-state index in [4.69, 9.17) is 9.47 Å². The Bertz CT molecular complexity index is 970. The van der Waals surface area contributed by atoms with Crippen LogP contribution in [0.2, 0.25) is 0 Å². The van der Waals surface area contributed by atoms with Crippen molar-refractivity contribution >= 4 is 23.2 Å². The van der Waals surface area contributed by atoms with Crippen molar-refractivity contribution in [1.82, 2.24) is 9.97 Å². The topological polar surface area (TPSA) is 85.4 Å². The number of methoxy groups -OCH3 is 2. The van der Waals surface area contributed by atoms with Gasteiger partial charge in [0.1, 0.15) is 11.5 Å². The summed E-state index contributed by atoms with van der Waals surface area (Å²) in [6, 6.07) is 13.3. The van der Waals surface area contributed by atoms with Gasteiger partial charge in [-0.15, -0.1) is 0 Å². The lowest BCUT2D eigenvalue weighted by molar-refractivity contribution is 0.102. The molecule has 2 N–H and O–H groups in total. The molecule has 7 heteroatoms. The standard InChI is InChI=1S/C22H24N4O3/c1-14(2)15-5-7-17(8-6-15)25-22-23-12-16(13-24-22)21(27)26-19-11-18(28-3)9-10-20(19)29-4/h5-14H,1-4H3,(H,26,27)(H,23,24,25). The van der Waals surface area contributed by atoms with Gasteiger partial charge in [-0.05, 0) is 35.7 Å². The summed E-state index contributed by atoms with van der Waals surface area (Å²) in [6.45, 7) is 4.30. The largest absolute Gasteiger partial charge is 0.497 e. The maximum atomic E-state index is 12.5. The molecule has 1 amide bonds. The van der Waals surface area contributed by atoms with E-state index in [0.29, 0.717) is 34.6 Å². The van der Waals surface area contributed by atoms with Crippen molar-refractivity contribution in [3.05, 3.63) is 66.0 Å². The van der Waals surface area contributed by atoms with E-state index in [1.54, 1.807) is 25.3 Å². The number of hydrogen-bond donors (Lipinski definition) is 2. The molecule has 0 fully saturated rings. The lowest BCUT2D eigenvalue weighted by Gasteiger charge is -2.12. The second-order valence-electron chi connectivity index (χ2n) is 6.72. The number of hydrogen-bond acceptors (Lipinski definition) is 6. The first-order valence-electron chi connectivity index (χ1n) is 9.22. The first-order valence-corrected chi connectivity index (χ1v) is 9.22. The van der Waals surface area contributed by atoms with Crippen molar-refractivity contribution in [2.45, 2.75) is 19.8 Å². The molecule has 0 aliphatic rings. The molecule has 0 atom stereocenters. The van der Waals surface area contributed by atoms with Crippen LogP contribution >= 0.6 is 0 Å². The number of carbonyl (C=O) groups excluding carboxylic acids is 1. The van der Waals surface area contributed by atoms with Gasteiger partial charge in [0.15, 0.2) is 0 Å². The minimum Gasteiger partial charge on any atom is -0.497 e. The zero-order chi connectivity index (χ0) is 20.8. The maximum absolute atomic E-state index is 12.5. The number of anilines is 3. The van der Waals surface area contributed by atoms with E-state index in [1.807, 2.05) is 12.1 Å².